The van der Waals surface area contributed by atoms with Crippen LogP contribution in [0.1, 0.15) is 32.1 Å². The van der Waals surface area contributed by atoms with Crippen LogP contribution in [0.4, 0.5) is 5.69 Å². The zero-order valence-electron chi connectivity index (χ0n) is 17.3. The lowest BCUT2D eigenvalue weighted by Gasteiger charge is -2.31. The fourth-order valence-electron chi connectivity index (χ4n) is 5.19. The number of fused-ring (bicyclic) bond motifs is 2. The highest BCUT2D eigenvalue weighted by Crippen LogP contribution is 2.49. The molecule has 1 saturated heterocycles. The van der Waals surface area contributed by atoms with Crippen molar-refractivity contribution in [2.24, 2.45) is 17.8 Å². The number of carbonyl (C=O) groups is 1. The molecule has 1 amide bonds. The topological polar surface area (TPSA) is 79.0 Å². The van der Waals surface area contributed by atoms with Crippen LogP contribution < -0.4 is 10.1 Å². The van der Waals surface area contributed by atoms with Crippen molar-refractivity contribution in [3.05, 3.63) is 18.2 Å². The third kappa shape index (κ3) is 4.29. The summed E-state index contributed by atoms with van der Waals surface area (Å²) in [7, 11) is -0.0876. The molecule has 4 rings (SSSR count). The van der Waals surface area contributed by atoms with Crippen molar-refractivity contribution in [2.45, 2.75) is 37.0 Å². The lowest BCUT2D eigenvalue weighted by molar-refractivity contribution is -0.117. The first kappa shape index (κ1) is 20.6. The molecule has 3 fully saturated rings. The monoisotopic (exact) mass is 421 g/mol. The van der Waals surface area contributed by atoms with Gasteiger partial charge in [0.05, 0.1) is 17.7 Å². The molecule has 0 spiro atoms. The van der Waals surface area contributed by atoms with Crippen LogP contribution in [0.3, 0.4) is 0 Å². The van der Waals surface area contributed by atoms with Gasteiger partial charge in [-0.2, -0.15) is 4.31 Å². The molecular formula is C21H31N3O4S. The number of sulfonamides is 1. The molecular weight excluding hydrogens is 390 g/mol. The maximum absolute atomic E-state index is 13.1. The van der Waals surface area contributed by atoms with Gasteiger partial charge in [0.2, 0.25) is 15.9 Å². The number of hydrogen-bond donors (Lipinski definition) is 1. The Labute approximate surface area is 173 Å². The van der Waals surface area contributed by atoms with Crippen LogP contribution in [-0.4, -0.2) is 63.9 Å². The lowest BCUT2D eigenvalue weighted by Crippen LogP contribution is -2.47. The standard InChI is InChI=1S/C21H31N3O4S/c1-23-7-9-24(10-8-23)29(26,27)18-5-6-20(28-2)19(14-18)22-21(25)13-17-12-15-3-4-16(17)11-15/h5-6,14-17H,3-4,7-13H2,1-2H3,(H,22,25)/t15-,16-,17-/m1/s1. The van der Waals surface area contributed by atoms with E-state index in [1.807, 2.05) is 7.05 Å². The molecule has 7 nitrogen and oxygen atoms in total. The minimum Gasteiger partial charge on any atom is -0.495 e. The first-order valence-electron chi connectivity index (χ1n) is 10.5. The Balaban J connectivity index is 1.48. The first-order valence-corrected chi connectivity index (χ1v) is 12.0. The van der Waals surface area contributed by atoms with Gasteiger partial charge in [0.1, 0.15) is 5.75 Å². The van der Waals surface area contributed by atoms with Crippen molar-refractivity contribution < 1.29 is 17.9 Å². The number of piperazine rings is 1. The predicted molar refractivity (Wildman–Crippen MR) is 111 cm³/mol. The molecule has 1 heterocycles. The molecule has 2 bridgehead atoms. The summed E-state index contributed by atoms with van der Waals surface area (Å²) in [5.74, 6) is 2.34. The average Bonchev–Trinajstić information content (AvgIpc) is 3.31. The van der Waals surface area contributed by atoms with Gasteiger partial charge in [-0.15, -0.1) is 0 Å². The van der Waals surface area contributed by atoms with Gasteiger partial charge in [0, 0.05) is 32.6 Å². The number of anilines is 1. The molecule has 3 atom stereocenters. The van der Waals surface area contributed by atoms with E-state index in [4.69, 9.17) is 4.74 Å². The summed E-state index contributed by atoms with van der Waals surface area (Å²) < 4.78 is 33.0. The summed E-state index contributed by atoms with van der Waals surface area (Å²) >= 11 is 0. The van der Waals surface area contributed by atoms with Gasteiger partial charge in [-0.1, -0.05) is 6.42 Å². The summed E-state index contributed by atoms with van der Waals surface area (Å²) in [6, 6.07) is 4.71. The minimum atomic E-state index is -3.60. The number of carbonyl (C=O) groups excluding carboxylic acids is 1. The molecule has 1 aliphatic heterocycles. The zero-order chi connectivity index (χ0) is 20.6. The van der Waals surface area contributed by atoms with Crippen molar-refractivity contribution in [1.82, 2.24) is 9.21 Å². The Morgan fingerprint density at radius 1 is 1.17 bits per heavy atom. The van der Waals surface area contributed by atoms with Gasteiger partial charge in [-0.05, 0) is 62.3 Å². The van der Waals surface area contributed by atoms with Crippen molar-refractivity contribution in [3.8, 4) is 5.75 Å². The van der Waals surface area contributed by atoms with Crippen LogP contribution in [0.5, 0.6) is 5.75 Å². The normalized spacial score (nSPS) is 27.9. The molecule has 0 radical (unpaired) electrons. The van der Waals surface area contributed by atoms with Crippen LogP contribution >= 0.6 is 0 Å². The molecule has 160 valence electrons. The van der Waals surface area contributed by atoms with Crippen molar-refractivity contribution in [2.75, 3.05) is 45.7 Å². The number of ether oxygens (including phenoxy) is 1. The zero-order valence-corrected chi connectivity index (χ0v) is 18.1. The number of rotatable bonds is 6. The number of nitrogens with one attached hydrogen (secondary N) is 1. The van der Waals surface area contributed by atoms with E-state index < -0.39 is 10.0 Å². The summed E-state index contributed by atoms with van der Waals surface area (Å²) in [6.07, 6.45) is 5.46. The number of methoxy groups -OCH3 is 1. The Bertz CT molecular complexity index is 865. The number of hydrogen-bond acceptors (Lipinski definition) is 5. The Kier molecular flexibility index (Phi) is 5.86. The van der Waals surface area contributed by atoms with Gasteiger partial charge in [0.15, 0.2) is 0 Å². The second kappa shape index (κ2) is 8.24. The van der Waals surface area contributed by atoms with Gasteiger partial charge in [0.25, 0.3) is 0 Å². The molecule has 1 N–H and O–H groups in total. The highest BCUT2D eigenvalue weighted by Gasteiger charge is 2.40. The fraction of sp³-hybridized carbons (Fsp3) is 0.667. The quantitative estimate of drug-likeness (QED) is 0.763. The van der Waals surface area contributed by atoms with E-state index >= 15 is 0 Å². The Hall–Kier alpha value is -1.64. The van der Waals surface area contributed by atoms with Crippen LogP contribution in [0.2, 0.25) is 0 Å². The van der Waals surface area contributed by atoms with E-state index in [1.165, 1.54) is 36.7 Å². The molecule has 1 aromatic rings. The average molecular weight is 422 g/mol. The highest BCUT2D eigenvalue weighted by molar-refractivity contribution is 7.89. The van der Waals surface area contributed by atoms with E-state index in [-0.39, 0.29) is 10.8 Å². The second-order valence-electron chi connectivity index (χ2n) is 8.76. The smallest absolute Gasteiger partial charge is 0.243 e. The molecule has 8 heteroatoms. The van der Waals surface area contributed by atoms with Crippen molar-refractivity contribution in [3.63, 3.8) is 0 Å². The van der Waals surface area contributed by atoms with E-state index in [2.05, 4.69) is 10.2 Å². The van der Waals surface area contributed by atoms with Gasteiger partial charge >= 0.3 is 0 Å². The number of likely N-dealkylation sites (N-methyl/N-ethyl adjacent to an activating group) is 1. The van der Waals surface area contributed by atoms with E-state index in [0.29, 0.717) is 55.9 Å². The summed E-state index contributed by atoms with van der Waals surface area (Å²) in [5, 5.41) is 2.92. The fourth-order valence-corrected chi connectivity index (χ4v) is 6.64. The molecule has 0 aromatic heterocycles. The van der Waals surface area contributed by atoms with E-state index in [1.54, 1.807) is 12.1 Å². The van der Waals surface area contributed by atoms with Gasteiger partial charge < -0.3 is 15.0 Å². The van der Waals surface area contributed by atoms with E-state index in [0.717, 1.165) is 12.3 Å². The highest BCUT2D eigenvalue weighted by atomic mass is 32.2. The molecule has 0 unspecified atom stereocenters. The third-order valence-corrected chi connectivity index (χ3v) is 8.77. The van der Waals surface area contributed by atoms with Gasteiger partial charge in [-0.3, -0.25) is 4.79 Å². The van der Waals surface area contributed by atoms with Gasteiger partial charge in [-0.25, -0.2) is 8.42 Å². The maximum Gasteiger partial charge on any atom is 0.243 e. The largest absolute Gasteiger partial charge is 0.495 e. The van der Waals surface area contributed by atoms with Crippen molar-refractivity contribution in [1.29, 1.82) is 0 Å². The van der Waals surface area contributed by atoms with Crippen LogP contribution in [0.15, 0.2) is 23.1 Å². The van der Waals surface area contributed by atoms with Crippen molar-refractivity contribution >= 4 is 21.6 Å². The van der Waals surface area contributed by atoms with Crippen LogP contribution in [0, 0.1) is 17.8 Å². The van der Waals surface area contributed by atoms with E-state index in [9.17, 15) is 13.2 Å². The molecule has 29 heavy (non-hydrogen) atoms. The second-order valence-corrected chi connectivity index (χ2v) is 10.7. The molecule has 2 aliphatic carbocycles. The Morgan fingerprint density at radius 2 is 1.93 bits per heavy atom. The number of benzene rings is 1. The third-order valence-electron chi connectivity index (χ3n) is 6.88. The first-order chi connectivity index (χ1) is 13.9. The number of amides is 1. The Morgan fingerprint density at radius 3 is 2.55 bits per heavy atom. The maximum atomic E-state index is 13.1. The summed E-state index contributed by atoms with van der Waals surface area (Å²) in [6.45, 7) is 2.36. The van der Waals surface area contributed by atoms with Crippen LogP contribution in [-0.2, 0) is 14.8 Å². The summed E-state index contributed by atoms with van der Waals surface area (Å²) in [5.41, 5.74) is 0.427. The SMILES string of the molecule is COc1ccc(S(=O)(=O)N2CCN(C)CC2)cc1NC(=O)C[C@H]1C[C@@H]2CC[C@@H]1C2. The summed E-state index contributed by atoms with van der Waals surface area (Å²) in [4.78, 5) is 15.0. The molecule has 1 aromatic carbocycles. The minimum absolute atomic E-state index is 0.0602. The molecule has 3 aliphatic rings. The lowest BCUT2D eigenvalue weighted by atomic mass is 9.86. The number of nitrogens with zero attached hydrogens (tertiary/aromatic N) is 2. The van der Waals surface area contributed by atoms with Crippen LogP contribution in [0.25, 0.3) is 0 Å². The molecule has 2 saturated carbocycles. The predicted octanol–water partition coefficient (Wildman–Crippen LogP) is 2.40.